The summed E-state index contributed by atoms with van der Waals surface area (Å²) in [5, 5.41) is 7.47. The molecule has 5 nitrogen and oxygen atoms in total. The second kappa shape index (κ2) is 10.0. The molecule has 0 saturated heterocycles. The zero-order valence-electron chi connectivity index (χ0n) is 15.4. The Morgan fingerprint density at radius 3 is 2.92 bits per heavy atom. The van der Waals surface area contributed by atoms with Crippen molar-refractivity contribution in [2.45, 2.75) is 27.2 Å². The van der Waals surface area contributed by atoms with Crippen LogP contribution < -0.4 is 10.6 Å². The maximum absolute atomic E-state index is 13.4. The molecule has 2 aromatic rings. The van der Waals surface area contributed by atoms with Crippen molar-refractivity contribution in [2.75, 3.05) is 32.8 Å². The van der Waals surface area contributed by atoms with E-state index < -0.39 is 0 Å². The summed E-state index contributed by atoms with van der Waals surface area (Å²) in [7, 11) is 0. The average molecular weight is 348 g/mol. The normalized spacial score (nSPS) is 12.1. The first-order valence-corrected chi connectivity index (χ1v) is 8.95. The molecule has 0 aliphatic carbocycles. The quantitative estimate of drug-likeness (QED) is 0.371. The van der Waals surface area contributed by atoms with Gasteiger partial charge in [-0.05, 0) is 43.0 Å². The molecule has 138 valence electrons. The van der Waals surface area contributed by atoms with Crippen molar-refractivity contribution < 1.29 is 9.13 Å². The average Bonchev–Trinajstić information content (AvgIpc) is 2.96. The summed E-state index contributed by atoms with van der Waals surface area (Å²) in [6, 6.07) is 4.81. The van der Waals surface area contributed by atoms with Gasteiger partial charge in [-0.15, -0.1) is 0 Å². The molecule has 1 heterocycles. The number of aromatic nitrogens is 1. The number of rotatable bonds is 9. The van der Waals surface area contributed by atoms with Gasteiger partial charge in [0, 0.05) is 36.8 Å². The fraction of sp³-hybridized carbons (Fsp3) is 0.526. The van der Waals surface area contributed by atoms with Crippen LogP contribution in [0.1, 0.15) is 26.3 Å². The highest BCUT2D eigenvalue weighted by Crippen LogP contribution is 2.19. The zero-order chi connectivity index (χ0) is 18.1. The van der Waals surface area contributed by atoms with E-state index in [4.69, 9.17) is 4.74 Å². The van der Waals surface area contributed by atoms with E-state index in [1.165, 1.54) is 6.07 Å². The lowest BCUT2D eigenvalue weighted by atomic mass is 10.1. The van der Waals surface area contributed by atoms with Crippen LogP contribution in [0.5, 0.6) is 0 Å². The molecule has 0 aliphatic rings. The Labute approximate surface area is 149 Å². The van der Waals surface area contributed by atoms with Gasteiger partial charge in [0.2, 0.25) is 0 Å². The van der Waals surface area contributed by atoms with Crippen LogP contribution >= 0.6 is 0 Å². The number of hydrogen-bond acceptors (Lipinski definition) is 2. The molecule has 6 heteroatoms. The highest BCUT2D eigenvalue weighted by molar-refractivity contribution is 5.83. The standard InChI is InChI=1S/C19H29FN4O/c1-4-21-19(23-9-10-25-13-14(2)3)22-8-7-15-12-24-18-6-5-16(20)11-17(15)18/h5-6,11-12,14,24H,4,7-10,13H2,1-3H3,(H2,21,22,23). The maximum Gasteiger partial charge on any atom is 0.191 e. The molecule has 1 aromatic carbocycles. The monoisotopic (exact) mass is 348 g/mol. The van der Waals surface area contributed by atoms with E-state index in [0.717, 1.165) is 48.5 Å². The Kier molecular flexibility index (Phi) is 7.73. The summed E-state index contributed by atoms with van der Waals surface area (Å²) in [6.07, 6.45) is 2.73. The number of H-pyrrole nitrogens is 1. The van der Waals surface area contributed by atoms with Crippen LogP contribution in [0.2, 0.25) is 0 Å². The van der Waals surface area contributed by atoms with Gasteiger partial charge in [0.15, 0.2) is 5.96 Å². The molecule has 3 N–H and O–H groups in total. The van der Waals surface area contributed by atoms with Gasteiger partial charge in [0.1, 0.15) is 5.82 Å². The molecule has 0 radical (unpaired) electrons. The largest absolute Gasteiger partial charge is 0.379 e. The van der Waals surface area contributed by atoms with Gasteiger partial charge < -0.3 is 20.4 Å². The molecule has 0 spiro atoms. The molecule has 0 fully saturated rings. The Balaban J connectivity index is 1.82. The first-order valence-electron chi connectivity index (χ1n) is 8.95. The van der Waals surface area contributed by atoms with Crippen molar-refractivity contribution in [3.63, 3.8) is 0 Å². The van der Waals surface area contributed by atoms with Crippen LogP contribution in [-0.4, -0.2) is 43.8 Å². The Hall–Kier alpha value is -2.08. The molecule has 0 unspecified atom stereocenters. The minimum Gasteiger partial charge on any atom is -0.379 e. The lowest BCUT2D eigenvalue weighted by molar-refractivity contribution is 0.117. The van der Waals surface area contributed by atoms with Gasteiger partial charge in [-0.2, -0.15) is 0 Å². The van der Waals surface area contributed by atoms with Gasteiger partial charge in [-0.3, -0.25) is 4.99 Å². The van der Waals surface area contributed by atoms with Crippen molar-refractivity contribution in [1.29, 1.82) is 0 Å². The predicted octanol–water partition coefficient (Wildman–Crippen LogP) is 3.08. The molecule has 0 bridgehead atoms. The second-order valence-electron chi connectivity index (χ2n) is 6.41. The van der Waals surface area contributed by atoms with Crippen LogP contribution in [0.25, 0.3) is 10.9 Å². The number of ether oxygens (including phenoxy) is 1. The number of fused-ring (bicyclic) bond motifs is 1. The van der Waals surface area contributed by atoms with E-state index in [0.29, 0.717) is 19.1 Å². The molecule has 0 saturated carbocycles. The van der Waals surface area contributed by atoms with Crippen molar-refractivity contribution in [2.24, 2.45) is 10.9 Å². The summed E-state index contributed by atoms with van der Waals surface area (Å²) < 4.78 is 19.0. The first-order chi connectivity index (χ1) is 12.1. The number of nitrogens with zero attached hydrogens (tertiary/aromatic N) is 1. The summed E-state index contributed by atoms with van der Waals surface area (Å²) in [5.41, 5.74) is 2.05. The van der Waals surface area contributed by atoms with Gasteiger partial charge in [0.25, 0.3) is 0 Å². The predicted molar refractivity (Wildman–Crippen MR) is 102 cm³/mol. The number of hydrogen-bond donors (Lipinski definition) is 3. The Morgan fingerprint density at radius 2 is 2.16 bits per heavy atom. The molecular formula is C19H29FN4O. The van der Waals surface area contributed by atoms with Gasteiger partial charge in [-0.25, -0.2) is 4.39 Å². The molecule has 1 aromatic heterocycles. The molecule has 25 heavy (non-hydrogen) atoms. The Morgan fingerprint density at radius 1 is 1.32 bits per heavy atom. The van der Waals surface area contributed by atoms with E-state index >= 15 is 0 Å². The molecule has 0 amide bonds. The number of benzene rings is 1. The highest BCUT2D eigenvalue weighted by Gasteiger charge is 2.05. The van der Waals surface area contributed by atoms with Gasteiger partial charge >= 0.3 is 0 Å². The third-order valence-corrected chi connectivity index (χ3v) is 3.72. The van der Waals surface area contributed by atoms with Crippen LogP contribution in [0.15, 0.2) is 29.4 Å². The number of aliphatic imine (C=N–C) groups is 1. The van der Waals surface area contributed by atoms with Crippen LogP contribution in [0.4, 0.5) is 4.39 Å². The first kappa shape index (κ1) is 19.2. The fourth-order valence-corrected chi connectivity index (χ4v) is 2.56. The van der Waals surface area contributed by atoms with E-state index in [2.05, 4.69) is 34.5 Å². The van der Waals surface area contributed by atoms with E-state index in [1.54, 1.807) is 12.1 Å². The number of aromatic amines is 1. The minimum atomic E-state index is -0.211. The third kappa shape index (κ3) is 6.38. The highest BCUT2D eigenvalue weighted by atomic mass is 19.1. The number of guanidine groups is 1. The van der Waals surface area contributed by atoms with E-state index in [1.807, 2.05) is 13.1 Å². The molecule has 0 atom stereocenters. The van der Waals surface area contributed by atoms with E-state index in [9.17, 15) is 4.39 Å². The van der Waals surface area contributed by atoms with Crippen molar-refractivity contribution >= 4 is 16.9 Å². The molecule has 2 rings (SSSR count). The summed E-state index contributed by atoms with van der Waals surface area (Å²) >= 11 is 0. The van der Waals surface area contributed by atoms with Gasteiger partial charge in [0.05, 0.1) is 13.2 Å². The lowest BCUT2D eigenvalue weighted by Gasteiger charge is -2.11. The fourth-order valence-electron chi connectivity index (χ4n) is 2.56. The number of nitrogens with one attached hydrogen (secondary N) is 3. The van der Waals surface area contributed by atoms with Gasteiger partial charge in [-0.1, -0.05) is 13.8 Å². The third-order valence-electron chi connectivity index (χ3n) is 3.72. The minimum absolute atomic E-state index is 0.211. The molecule has 0 aliphatic heterocycles. The SMILES string of the molecule is CCNC(=NCCOCC(C)C)NCCc1c[nH]c2ccc(F)cc12. The Bertz CT molecular complexity index is 681. The smallest absolute Gasteiger partial charge is 0.191 e. The second-order valence-corrected chi connectivity index (χ2v) is 6.41. The summed E-state index contributed by atoms with van der Waals surface area (Å²) in [4.78, 5) is 7.69. The van der Waals surface area contributed by atoms with Crippen LogP contribution in [0, 0.1) is 11.7 Å². The topological polar surface area (TPSA) is 61.4 Å². The van der Waals surface area contributed by atoms with Crippen LogP contribution in [0.3, 0.4) is 0 Å². The van der Waals surface area contributed by atoms with Crippen LogP contribution in [-0.2, 0) is 11.2 Å². The summed E-state index contributed by atoms with van der Waals surface area (Å²) in [5.74, 6) is 1.11. The maximum atomic E-state index is 13.4. The van der Waals surface area contributed by atoms with E-state index in [-0.39, 0.29) is 5.82 Å². The van der Waals surface area contributed by atoms with Crippen molar-refractivity contribution in [3.05, 3.63) is 35.8 Å². The number of halogens is 1. The zero-order valence-corrected chi connectivity index (χ0v) is 15.4. The van der Waals surface area contributed by atoms with Crippen molar-refractivity contribution in [1.82, 2.24) is 15.6 Å². The lowest BCUT2D eigenvalue weighted by Crippen LogP contribution is -2.38. The molecular weight excluding hydrogens is 319 g/mol. The van der Waals surface area contributed by atoms with Crippen molar-refractivity contribution in [3.8, 4) is 0 Å². The summed E-state index contributed by atoms with van der Waals surface area (Å²) in [6.45, 7) is 9.83.